The zero-order valence-corrected chi connectivity index (χ0v) is 10.9. The van der Waals surface area contributed by atoms with Gasteiger partial charge in [0.15, 0.2) is 11.5 Å². The molecule has 0 spiro atoms. The Hall–Kier alpha value is -1.75. The topological polar surface area (TPSA) is 73.6 Å². The smallest absolute Gasteiger partial charge is 0.240 e. The Morgan fingerprint density at radius 3 is 2.89 bits per heavy atom. The Morgan fingerprint density at radius 2 is 2.16 bits per heavy atom. The summed E-state index contributed by atoms with van der Waals surface area (Å²) in [5, 5.41) is 2.89. The van der Waals surface area contributed by atoms with Crippen LogP contribution in [0.1, 0.15) is 25.3 Å². The van der Waals surface area contributed by atoms with Gasteiger partial charge in [0.2, 0.25) is 12.7 Å². The van der Waals surface area contributed by atoms with Crippen molar-refractivity contribution in [1.82, 2.24) is 5.32 Å². The van der Waals surface area contributed by atoms with Gasteiger partial charge in [0.1, 0.15) is 0 Å². The van der Waals surface area contributed by atoms with E-state index in [9.17, 15) is 4.79 Å². The molecule has 5 nitrogen and oxygen atoms in total. The lowest BCUT2D eigenvalue weighted by Crippen LogP contribution is -2.53. The highest BCUT2D eigenvalue weighted by Crippen LogP contribution is 2.38. The van der Waals surface area contributed by atoms with Crippen LogP contribution in [0.3, 0.4) is 0 Å². The second-order valence-corrected chi connectivity index (χ2v) is 5.43. The summed E-state index contributed by atoms with van der Waals surface area (Å²) in [6.07, 6.45) is 2.09. The van der Waals surface area contributed by atoms with Gasteiger partial charge in [-0.05, 0) is 43.4 Å². The van der Waals surface area contributed by atoms with Gasteiger partial charge < -0.3 is 20.5 Å². The quantitative estimate of drug-likeness (QED) is 0.854. The van der Waals surface area contributed by atoms with Crippen LogP contribution in [-0.4, -0.2) is 18.2 Å². The number of hydrogen-bond donors (Lipinski definition) is 2. The zero-order valence-electron chi connectivity index (χ0n) is 10.9. The lowest BCUT2D eigenvalue weighted by atomic mass is 9.96. The zero-order chi connectivity index (χ0) is 13.5. The van der Waals surface area contributed by atoms with E-state index in [1.807, 2.05) is 18.2 Å². The number of rotatable bonds is 4. The summed E-state index contributed by atoms with van der Waals surface area (Å²) in [5.74, 6) is 1.71. The van der Waals surface area contributed by atoms with Crippen LogP contribution in [0.2, 0.25) is 0 Å². The SMILES string of the molecule is CC(N)(C(=O)NCc1ccc2c(c1)OCO2)C1CC1. The van der Waals surface area contributed by atoms with Gasteiger partial charge >= 0.3 is 0 Å². The van der Waals surface area contributed by atoms with Gasteiger partial charge in [-0.1, -0.05) is 6.07 Å². The molecule has 1 atom stereocenters. The molecular weight excluding hydrogens is 244 g/mol. The number of benzene rings is 1. The highest BCUT2D eigenvalue weighted by atomic mass is 16.7. The number of carbonyl (C=O) groups excluding carboxylic acids is 1. The normalized spacial score (nSPS) is 19.9. The highest BCUT2D eigenvalue weighted by Gasteiger charge is 2.43. The maximum Gasteiger partial charge on any atom is 0.240 e. The van der Waals surface area contributed by atoms with E-state index in [-0.39, 0.29) is 12.7 Å². The molecule has 1 heterocycles. The Bertz CT molecular complexity index is 509. The molecular formula is C14H18N2O3. The van der Waals surface area contributed by atoms with E-state index >= 15 is 0 Å². The third-order valence-electron chi connectivity index (χ3n) is 3.80. The average Bonchev–Trinajstić information content (AvgIpc) is 3.15. The van der Waals surface area contributed by atoms with Gasteiger partial charge in [-0.15, -0.1) is 0 Å². The molecule has 102 valence electrons. The van der Waals surface area contributed by atoms with Crippen LogP contribution >= 0.6 is 0 Å². The Labute approximate surface area is 112 Å². The fourth-order valence-electron chi connectivity index (χ4n) is 2.29. The molecule has 1 aliphatic carbocycles. The monoisotopic (exact) mass is 262 g/mol. The molecule has 0 radical (unpaired) electrons. The number of fused-ring (bicyclic) bond motifs is 1. The molecule has 1 fully saturated rings. The summed E-state index contributed by atoms with van der Waals surface area (Å²) in [7, 11) is 0. The van der Waals surface area contributed by atoms with Crippen molar-refractivity contribution < 1.29 is 14.3 Å². The Balaban J connectivity index is 1.61. The molecule has 5 heteroatoms. The molecule has 1 aromatic rings. The Morgan fingerprint density at radius 1 is 1.42 bits per heavy atom. The predicted molar refractivity (Wildman–Crippen MR) is 69.7 cm³/mol. The fourth-order valence-corrected chi connectivity index (χ4v) is 2.29. The number of carbonyl (C=O) groups is 1. The van der Waals surface area contributed by atoms with Crippen molar-refractivity contribution in [2.24, 2.45) is 11.7 Å². The van der Waals surface area contributed by atoms with Gasteiger partial charge in [-0.3, -0.25) is 4.79 Å². The lowest BCUT2D eigenvalue weighted by molar-refractivity contribution is -0.126. The lowest BCUT2D eigenvalue weighted by Gasteiger charge is -2.23. The van der Waals surface area contributed by atoms with Crippen LogP contribution in [0.25, 0.3) is 0 Å². The fraction of sp³-hybridized carbons (Fsp3) is 0.500. The molecule has 1 amide bonds. The third kappa shape index (κ3) is 2.38. The molecule has 19 heavy (non-hydrogen) atoms. The molecule has 3 rings (SSSR count). The first-order valence-electron chi connectivity index (χ1n) is 6.53. The van der Waals surface area contributed by atoms with Crippen molar-refractivity contribution in [3.63, 3.8) is 0 Å². The summed E-state index contributed by atoms with van der Waals surface area (Å²) >= 11 is 0. The molecule has 1 aromatic carbocycles. The van der Waals surface area contributed by atoms with Crippen LogP contribution in [0.5, 0.6) is 11.5 Å². The summed E-state index contributed by atoms with van der Waals surface area (Å²) in [4.78, 5) is 12.1. The van der Waals surface area contributed by atoms with Crippen LogP contribution in [0, 0.1) is 5.92 Å². The van der Waals surface area contributed by atoms with Gasteiger partial charge in [-0.2, -0.15) is 0 Å². The highest BCUT2D eigenvalue weighted by molar-refractivity contribution is 5.86. The first-order valence-corrected chi connectivity index (χ1v) is 6.53. The number of amides is 1. The largest absolute Gasteiger partial charge is 0.454 e. The van der Waals surface area contributed by atoms with Crippen molar-refractivity contribution in [3.8, 4) is 11.5 Å². The average molecular weight is 262 g/mol. The predicted octanol–water partition coefficient (Wildman–Crippen LogP) is 1.16. The maximum atomic E-state index is 12.1. The van der Waals surface area contributed by atoms with E-state index in [4.69, 9.17) is 15.2 Å². The first-order chi connectivity index (χ1) is 9.07. The van der Waals surface area contributed by atoms with E-state index < -0.39 is 5.54 Å². The molecule has 0 saturated heterocycles. The molecule has 0 bridgehead atoms. The molecule has 1 saturated carbocycles. The second kappa shape index (κ2) is 4.42. The molecule has 1 unspecified atom stereocenters. The van der Waals surface area contributed by atoms with Crippen LogP contribution in [0.4, 0.5) is 0 Å². The van der Waals surface area contributed by atoms with Crippen molar-refractivity contribution in [2.75, 3.05) is 6.79 Å². The number of ether oxygens (including phenoxy) is 2. The van der Waals surface area contributed by atoms with Crippen molar-refractivity contribution in [1.29, 1.82) is 0 Å². The summed E-state index contributed by atoms with van der Waals surface area (Å²) in [6, 6.07) is 5.65. The van der Waals surface area contributed by atoms with Gasteiger partial charge in [0.05, 0.1) is 5.54 Å². The van der Waals surface area contributed by atoms with Crippen LogP contribution < -0.4 is 20.5 Å². The van der Waals surface area contributed by atoms with Crippen molar-refractivity contribution >= 4 is 5.91 Å². The number of nitrogens with two attached hydrogens (primary N) is 1. The van der Waals surface area contributed by atoms with Gasteiger partial charge in [0.25, 0.3) is 0 Å². The number of hydrogen-bond acceptors (Lipinski definition) is 4. The molecule has 2 aliphatic rings. The first kappa shape index (κ1) is 12.3. The van der Waals surface area contributed by atoms with E-state index in [0.717, 1.165) is 29.9 Å². The summed E-state index contributed by atoms with van der Waals surface area (Å²) in [6.45, 7) is 2.52. The standard InChI is InChI=1S/C14H18N2O3/c1-14(15,10-3-4-10)13(17)16-7-9-2-5-11-12(6-9)19-8-18-11/h2,5-6,10H,3-4,7-8,15H2,1H3,(H,16,17). The minimum atomic E-state index is -0.754. The summed E-state index contributed by atoms with van der Waals surface area (Å²) < 4.78 is 10.5. The van der Waals surface area contributed by atoms with Gasteiger partial charge in [0, 0.05) is 6.54 Å². The maximum absolute atomic E-state index is 12.1. The van der Waals surface area contributed by atoms with Crippen LogP contribution in [0.15, 0.2) is 18.2 Å². The molecule has 0 aromatic heterocycles. The van der Waals surface area contributed by atoms with Crippen molar-refractivity contribution in [2.45, 2.75) is 31.8 Å². The van der Waals surface area contributed by atoms with Crippen LogP contribution in [-0.2, 0) is 11.3 Å². The molecule has 3 N–H and O–H groups in total. The van der Waals surface area contributed by atoms with Crippen molar-refractivity contribution in [3.05, 3.63) is 23.8 Å². The third-order valence-corrected chi connectivity index (χ3v) is 3.80. The van der Waals surface area contributed by atoms with Gasteiger partial charge in [-0.25, -0.2) is 0 Å². The second-order valence-electron chi connectivity index (χ2n) is 5.43. The number of nitrogens with one attached hydrogen (secondary N) is 1. The minimum Gasteiger partial charge on any atom is -0.454 e. The van der Waals surface area contributed by atoms with E-state index in [0.29, 0.717) is 12.5 Å². The molecule has 1 aliphatic heterocycles. The van der Waals surface area contributed by atoms with E-state index in [1.165, 1.54) is 0 Å². The van der Waals surface area contributed by atoms with E-state index in [1.54, 1.807) is 6.92 Å². The van der Waals surface area contributed by atoms with E-state index in [2.05, 4.69) is 5.32 Å². The minimum absolute atomic E-state index is 0.0901. The Kier molecular flexibility index (Phi) is 2.86. The summed E-state index contributed by atoms with van der Waals surface area (Å²) in [5.41, 5.74) is 6.29.